The van der Waals surface area contributed by atoms with Crippen molar-refractivity contribution in [3.05, 3.63) is 59.9 Å². The smallest absolute Gasteiger partial charge is 0.236 e. The Bertz CT molecular complexity index is 782. The molecule has 2 aromatic heterocycles. The van der Waals surface area contributed by atoms with Gasteiger partial charge in [-0.1, -0.05) is 35.0 Å². The number of aryl methyl sites for hydroxylation is 1. The van der Waals surface area contributed by atoms with Crippen LogP contribution in [0.15, 0.2) is 51.6 Å². The van der Waals surface area contributed by atoms with Gasteiger partial charge in [0, 0.05) is 5.56 Å². The molecule has 1 aromatic carbocycles. The highest BCUT2D eigenvalue weighted by molar-refractivity contribution is 7.99. The van der Waals surface area contributed by atoms with Crippen molar-refractivity contribution in [3.63, 3.8) is 0 Å². The molecular weight excluding hydrogens is 326 g/mol. The van der Waals surface area contributed by atoms with Gasteiger partial charge in [-0.15, -0.1) is 11.8 Å². The van der Waals surface area contributed by atoms with Crippen LogP contribution in [0.1, 0.15) is 17.2 Å². The summed E-state index contributed by atoms with van der Waals surface area (Å²) in [5, 5.41) is 6.76. The number of hydrogen-bond acceptors (Lipinski definition) is 6. The molecule has 1 N–H and O–H groups in total. The molecule has 24 heavy (non-hydrogen) atoms. The van der Waals surface area contributed by atoms with E-state index in [1.54, 1.807) is 12.3 Å². The minimum Gasteiger partial charge on any atom is -0.467 e. The summed E-state index contributed by atoms with van der Waals surface area (Å²) in [5.74, 6) is 2.56. The molecule has 3 aromatic rings. The number of hydrogen-bond donors (Lipinski definition) is 1. The largest absolute Gasteiger partial charge is 0.467 e. The Balaban J connectivity index is 1.43. The SMILES string of the molecule is Cc1ccc(-c2noc(CSCC(=O)NCc3ccco3)n2)cc1. The van der Waals surface area contributed by atoms with Crippen LogP contribution >= 0.6 is 11.8 Å². The number of rotatable bonds is 7. The molecule has 7 heteroatoms. The maximum Gasteiger partial charge on any atom is 0.236 e. The summed E-state index contributed by atoms with van der Waals surface area (Å²) in [7, 11) is 0. The minimum atomic E-state index is -0.0605. The molecule has 0 radical (unpaired) electrons. The van der Waals surface area contributed by atoms with Crippen molar-refractivity contribution in [1.29, 1.82) is 0 Å². The Labute approximate surface area is 143 Å². The van der Waals surface area contributed by atoms with Crippen LogP contribution in [-0.4, -0.2) is 21.8 Å². The van der Waals surface area contributed by atoms with Crippen LogP contribution in [0.2, 0.25) is 0 Å². The van der Waals surface area contributed by atoms with Gasteiger partial charge in [-0.05, 0) is 19.1 Å². The van der Waals surface area contributed by atoms with Crippen molar-refractivity contribution in [2.45, 2.75) is 19.2 Å². The Morgan fingerprint density at radius 2 is 2.08 bits per heavy atom. The second kappa shape index (κ2) is 7.83. The lowest BCUT2D eigenvalue weighted by atomic mass is 10.1. The van der Waals surface area contributed by atoms with E-state index in [1.165, 1.54) is 17.3 Å². The van der Waals surface area contributed by atoms with E-state index in [2.05, 4.69) is 15.5 Å². The van der Waals surface area contributed by atoms with E-state index in [4.69, 9.17) is 8.94 Å². The fourth-order valence-corrected chi connectivity index (χ4v) is 2.70. The lowest BCUT2D eigenvalue weighted by Crippen LogP contribution is -2.24. The van der Waals surface area contributed by atoms with Crippen molar-refractivity contribution in [3.8, 4) is 11.4 Å². The van der Waals surface area contributed by atoms with Crippen molar-refractivity contribution >= 4 is 17.7 Å². The van der Waals surface area contributed by atoms with Crippen molar-refractivity contribution in [2.24, 2.45) is 0 Å². The first-order valence-electron chi connectivity index (χ1n) is 7.47. The number of aromatic nitrogens is 2. The highest BCUT2D eigenvalue weighted by atomic mass is 32.2. The molecule has 0 saturated heterocycles. The lowest BCUT2D eigenvalue weighted by Gasteiger charge is -2.01. The number of benzene rings is 1. The first-order valence-corrected chi connectivity index (χ1v) is 8.62. The van der Waals surface area contributed by atoms with Crippen LogP contribution in [0.4, 0.5) is 0 Å². The average molecular weight is 343 g/mol. The maximum atomic E-state index is 11.7. The molecule has 0 bridgehead atoms. The molecule has 0 aliphatic carbocycles. The van der Waals surface area contributed by atoms with Crippen LogP contribution in [-0.2, 0) is 17.1 Å². The third-order valence-corrected chi connectivity index (χ3v) is 4.19. The molecule has 0 unspecified atom stereocenters. The van der Waals surface area contributed by atoms with E-state index in [0.717, 1.165) is 11.3 Å². The summed E-state index contributed by atoms with van der Waals surface area (Å²) in [6.45, 7) is 2.42. The zero-order chi connectivity index (χ0) is 16.8. The molecule has 0 saturated carbocycles. The number of thioether (sulfide) groups is 1. The van der Waals surface area contributed by atoms with Crippen LogP contribution < -0.4 is 5.32 Å². The summed E-state index contributed by atoms with van der Waals surface area (Å²) in [6, 6.07) is 11.5. The van der Waals surface area contributed by atoms with Crippen LogP contribution in [0.5, 0.6) is 0 Å². The van der Waals surface area contributed by atoms with E-state index in [9.17, 15) is 4.79 Å². The third kappa shape index (κ3) is 4.48. The number of nitrogens with one attached hydrogen (secondary N) is 1. The normalized spacial score (nSPS) is 10.7. The van der Waals surface area contributed by atoms with Crippen LogP contribution in [0.25, 0.3) is 11.4 Å². The zero-order valence-corrected chi connectivity index (χ0v) is 14.0. The maximum absolute atomic E-state index is 11.7. The Kier molecular flexibility index (Phi) is 5.32. The van der Waals surface area contributed by atoms with E-state index in [1.807, 2.05) is 37.3 Å². The third-order valence-electron chi connectivity index (χ3n) is 3.28. The second-order valence-electron chi connectivity index (χ2n) is 5.23. The number of carbonyl (C=O) groups is 1. The second-order valence-corrected chi connectivity index (χ2v) is 6.21. The first-order chi connectivity index (χ1) is 11.7. The highest BCUT2D eigenvalue weighted by Crippen LogP contribution is 2.18. The van der Waals surface area contributed by atoms with E-state index in [0.29, 0.717) is 29.8 Å². The molecule has 1 amide bonds. The number of carbonyl (C=O) groups excluding carboxylic acids is 1. The standard InChI is InChI=1S/C17H17N3O3S/c1-12-4-6-13(7-5-12)17-19-16(23-20-17)11-24-10-15(21)18-9-14-3-2-8-22-14/h2-8H,9-11H2,1H3,(H,18,21). The van der Waals surface area contributed by atoms with Crippen molar-refractivity contribution in [2.75, 3.05) is 5.75 Å². The number of furan rings is 1. The Morgan fingerprint density at radius 1 is 1.25 bits per heavy atom. The lowest BCUT2D eigenvalue weighted by molar-refractivity contribution is -0.118. The van der Waals surface area contributed by atoms with Gasteiger partial charge in [0.05, 0.1) is 24.3 Å². The Morgan fingerprint density at radius 3 is 2.83 bits per heavy atom. The van der Waals surface area contributed by atoms with Gasteiger partial charge in [0.25, 0.3) is 0 Å². The summed E-state index contributed by atoms with van der Waals surface area (Å²) in [4.78, 5) is 16.1. The van der Waals surface area contributed by atoms with Gasteiger partial charge in [-0.3, -0.25) is 4.79 Å². The summed E-state index contributed by atoms with van der Waals surface area (Å²) in [5.41, 5.74) is 2.09. The van der Waals surface area contributed by atoms with E-state index >= 15 is 0 Å². The predicted molar refractivity (Wildman–Crippen MR) is 91.2 cm³/mol. The van der Waals surface area contributed by atoms with Gasteiger partial charge >= 0.3 is 0 Å². The van der Waals surface area contributed by atoms with Gasteiger partial charge < -0.3 is 14.3 Å². The average Bonchev–Trinajstić information content (AvgIpc) is 3.25. The molecule has 6 nitrogen and oxygen atoms in total. The molecule has 0 fully saturated rings. The molecule has 0 atom stereocenters. The van der Waals surface area contributed by atoms with Gasteiger partial charge in [-0.2, -0.15) is 4.98 Å². The van der Waals surface area contributed by atoms with E-state index in [-0.39, 0.29) is 5.91 Å². The molecule has 124 valence electrons. The fourth-order valence-electron chi connectivity index (χ4n) is 2.01. The van der Waals surface area contributed by atoms with Crippen molar-refractivity contribution in [1.82, 2.24) is 15.5 Å². The van der Waals surface area contributed by atoms with Gasteiger partial charge in [0.15, 0.2) is 0 Å². The summed E-state index contributed by atoms with van der Waals surface area (Å²) in [6.07, 6.45) is 1.58. The van der Waals surface area contributed by atoms with Gasteiger partial charge in [0.1, 0.15) is 5.76 Å². The monoisotopic (exact) mass is 343 g/mol. The topological polar surface area (TPSA) is 81.2 Å². The fraction of sp³-hybridized carbons (Fsp3) is 0.235. The van der Waals surface area contributed by atoms with Crippen LogP contribution in [0.3, 0.4) is 0 Å². The molecule has 2 heterocycles. The predicted octanol–water partition coefficient (Wildman–Crippen LogP) is 3.19. The molecule has 0 aliphatic rings. The zero-order valence-electron chi connectivity index (χ0n) is 13.2. The number of amides is 1. The quantitative estimate of drug-likeness (QED) is 0.709. The minimum absolute atomic E-state index is 0.0605. The highest BCUT2D eigenvalue weighted by Gasteiger charge is 2.10. The molecule has 3 rings (SSSR count). The molecule has 0 spiro atoms. The van der Waals surface area contributed by atoms with Crippen LogP contribution in [0, 0.1) is 6.92 Å². The van der Waals surface area contributed by atoms with Crippen molar-refractivity contribution < 1.29 is 13.7 Å². The molecular formula is C17H17N3O3S. The number of nitrogens with zero attached hydrogens (tertiary/aromatic N) is 2. The van der Waals surface area contributed by atoms with Gasteiger partial charge in [0.2, 0.25) is 17.6 Å². The summed E-state index contributed by atoms with van der Waals surface area (Å²) >= 11 is 1.42. The van der Waals surface area contributed by atoms with E-state index < -0.39 is 0 Å². The summed E-state index contributed by atoms with van der Waals surface area (Å²) < 4.78 is 10.4. The van der Waals surface area contributed by atoms with Gasteiger partial charge in [-0.25, -0.2) is 0 Å². The molecule has 0 aliphatic heterocycles. The Hall–Kier alpha value is -2.54. The first kappa shape index (κ1) is 16.3.